The number of fused-ring (bicyclic) bond motifs is 3. The maximum Gasteiger partial charge on any atom is 0.291 e. The third-order valence-electron chi connectivity index (χ3n) is 4.10. The van der Waals surface area contributed by atoms with Gasteiger partial charge in [0.1, 0.15) is 0 Å². The highest BCUT2D eigenvalue weighted by molar-refractivity contribution is 7.94. The highest BCUT2D eigenvalue weighted by Gasteiger charge is 2.48. The van der Waals surface area contributed by atoms with Crippen molar-refractivity contribution in [3.63, 3.8) is 0 Å². The molecule has 4 rings (SSSR count). The third-order valence-corrected chi connectivity index (χ3v) is 6.46. The van der Waals surface area contributed by atoms with Crippen molar-refractivity contribution in [2.45, 2.75) is 10.9 Å². The van der Waals surface area contributed by atoms with E-state index in [9.17, 15) is 19.1 Å². The standard InChI is InChI=1S/C14H13FN4O3S.ClH/c15-10-5-8-11(20)9(14(21)22)6-17-12(8)19-7-23(13(10)19)18-3-1-16-2-4-18;/h5-6,16H,1-4,7H2;1H. The molecule has 0 spiro atoms. The van der Waals surface area contributed by atoms with Crippen molar-refractivity contribution in [2.24, 2.45) is 0 Å². The van der Waals surface area contributed by atoms with Crippen LogP contribution in [-0.4, -0.2) is 46.0 Å². The van der Waals surface area contributed by atoms with Crippen LogP contribution >= 0.6 is 12.4 Å². The van der Waals surface area contributed by atoms with Crippen LogP contribution in [0.3, 0.4) is 0 Å². The summed E-state index contributed by atoms with van der Waals surface area (Å²) >= 11 is -0.336. The average Bonchev–Trinajstić information content (AvgIpc) is 2.49. The van der Waals surface area contributed by atoms with Gasteiger partial charge in [-0.25, -0.2) is 9.55 Å². The van der Waals surface area contributed by atoms with Gasteiger partial charge in [0.05, 0.1) is 30.2 Å². The van der Waals surface area contributed by atoms with E-state index < -0.39 is 22.8 Å². The van der Waals surface area contributed by atoms with E-state index in [2.05, 4.69) is 14.6 Å². The molecule has 4 aliphatic heterocycles. The first kappa shape index (κ1) is 17.2. The van der Waals surface area contributed by atoms with Crippen LogP contribution in [0.1, 0.15) is 10.4 Å². The summed E-state index contributed by atoms with van der Waals surface area (Å²) in [6, 6.07) is 1.10. The molecule has 7 nitrogen and oxygen atoms in total. The first-order valence-corrected chi connectivity index (χ1v) is 8.53. The molecule has 0 aromatic heterocycles. The van der Waals surface area contributed by atoms with Gasteiger partial charge in [0.2, 0.25) is 5.88 Å². The van der Waals surface area contributed by atoms with E-state index >= 15 is 0 Å². The number of nitrogens with one attached hydrogen (secondary N) is 1. The van der Waals surface area contributed by atoms with Crippen molar-refractivity contribution in [1.82, 2.24) is 19.2 Å². The monoisotopic (exact) mass is 372 g/mol. The molecule has 0 aliphatic carbocycles. The van der Waals surface area contributed by atoms with Gasteiger partial charge in [0.25, 0.3) is 5.03 Å². The number of carboxylic acids is 1. The summed E-state index contributed by atoms with van der Waals surface area (Å²) in [5, 5.41) is 14.7. The first-order valence-electron chi connectivity index (χ1n) is 7.18. The zero-order valence-corrected chi connectivity index (χ0v) is 14.1. The lowest BCUT2D eigenvalue weighted by Crippen LogP contribution is -2.52. The number of carboxylic acid groups (broad SMARTS) is 1. The molecule has 24 heavy (non-hydrogen) atoms. The van der Waals surface area contributed by atoms with Crippen LogP contribution in [0.4, 0.5) is 4.39 Å². The molecule has 1 fully saturated rings. The molecule has 0 aromatic carbocycles. The number of aromatic carboxylic acids is 1. The first-order chi connectivity index (χ1) is 11.1. The minimum absolute atomic E-state index is 0. The number of carbonyl (C=O) groups excluding carboxylic acids is 1. The van der Waals surface area contributed by atoms with Gasteiger partial charge in [-0.15, -0.1) is 16.7 Å². The van der Waals surface area contributed by atoms with Crippen LogP contribution in [0, 0.1) is 5.82 Å². The van der Waals surface area contributed by atoms with E-state index in [1.807, 2.05) is 0 Å². The molecular formula is C14H14ClFN4O3S. The van der Waals surface area contributed by atoms with Gasteiger partial charge >= 0.3 is 0 Å². The lowest BCUT2D eigenvalue weighted by Gasteiger charge is -2.33. The number of hydrogen-bond donors (Lipinski definition) is 1. The van der Waals surface area contributed by atoms with Crippen LogP contribution in [0.2, 0.25) is 0 Å². The van der Waals surface area contributed by atoms with E-state index in [0.29, 0.717) is 16.7 Å². The minimum atomic E-state index is -1.60. The van der Waals surface area contributed by atoms with Crippen molar-refractivity contribution >= 4 is 29.5 Å². The van der Waals surface area contributed by atoms with Gasteiger partial charge in [-0.05, 0) is 6.07 Å². The molecule has 0 saturated carbocycles. The zero-order chi connectivity index (χ0) is 16.1. The van der Waals surface area contributed by atoms with E-state index in [4.69, 9.17) is 0 Å². The molecular weight excluding hydrogens is 359 g/mol. The Morgan fingerprint density at radius 3 is 2.75 bits per heavy atom. The van der Waals surface area contributed by atoms with Gasteiger partial charge in [-0.2, -0.15) is 4.39 Å². The van der Waals surface area contributed by atoms with Gasteiger partial charge in [-0.1, -0.05) is 0 Å². The van der Waals surface area contributed by atoms with E-state index in [1.54, 1.807) is 4.57 Å². The molecule has 1 atom stereocenters. The summed E-state index contributed by atoms with van der Waals surface area (Å²) in [6.45, 7) is 3.45. The Morgan fingerprint density at radius 2 is 2.08 bits per heavy atom. The average molecular weight is 373 g/mol. The van der Waals surface area contributed by atoms with Gasteiger partial charge in [-0.3, -0.25) is 4.79 Å². The summed E-state index contributed by atoms with van der Waals surface area (Å²) in [7, 11) is 0. The number of piperazine rings is 1. The smallest absolute Gasteiger partial charge is 0.291 e. The molecule has 4 aliphatic rings. The lowest BCUT2D eigenvalue weighted by molar-refractivity contribution is -0.255. The van der Waals surface area contributed by atoms with Crippen LogP contribution in [0.5, 0.6) is 0 Å². The van der Waals surface area contributed by atoms with Gasteiger partial charge in [0.15, 0.2) is 28.2 Å². The van der Waals surface area contributed by atoms with Crippen LogP contribution in [0.15, 0.2) is 22.1 Å². The zero-order valence-electron chi connectivity index (χ0n) is 12.5. The fraction of sp³-hybridized carbons (Fsp3) is 0.357. The summed E-state index contributed by atoms with van der Waals surface area (Å²) in [5.41, 5.74) is -1.31. The topological polar surface area (TPSA) is 90.3 Å². The minimum Gasteiger partial charge on any atom is -0.545 e. The van der Waals surface area contributed by atoms with Crippen molar-refractivity contribution in [3.05, 3.63) is 33.9 Å². The molecule has 10 heteroatoms. The Labute approximate surface area is 145 Å². The molecule has 0 radical (unpaired) electrons. The lowest BCUT2D eigenvalue weighted by atomic mass is 10.1. The summed E-state index contributed by atoms with van der Waals surface area (Å²) < 4.78 is 18.4. The fourth-order valence-corrected chi connectivity index (χ4v) is 5.07. The number of rotatable bonds is 2. The van der Waals surface area contributed by atoms with E-state index in [-0.39, 0.29) is 29.1 Å². The van der Waals surface area contributed by atoms with Crippen molar-refractivity contribution < 1.29 is 14.3 Å². The number of pyridine rings is 2. The Kier molecular flexibility index (Phi) is 4.52. The predicted octanol–water partition coefficient (Wildman–Crippen LogP) is -0.959. The quantitative estimate of drug-likeness (QED) is 0.683. The number of carbonyl (C=O) groups is 1. The number of hydrogen-bond acceptors (Lipinski definition) is 6. The van der Waals surface area contributed by atoms with Crippen LogP contribution in [-0.2, 0) is 17.0 Å². The number of nitrogens with zero attached hydrogens (tertiary/aromatic N) is 3. The SMILES string of the molecule is Cl.O=C([O-])c1cnc2n3c(c(F)cc-2c1=O)[S+](N1CCNCC1)C3. The summed E-state index contributed by atoms with van der Waals surface area (Å²) in [5.74, 6) is -1.19. The number of halogens is 2. The van der Waals surface area contributed by atoms with Crippen LogP contribution < -0.4 is 15.9 Å². The molecule has 4 heterocycles. The van der Waals surface area contributed by atoms with Crippen molar-refractivity contribution in [2.75, 3.05) is 26.2 Å². The second-order valence-electron chi connectivity index (χ2n) is 5.42. The molecule has 0 bridgehead atoms. The second kappa shape index (κ2) is 6.32. The number of aromatic nitrogens is 2. The summed E-state index contributed by atoms with van der Waals surface area (Å²) in [4.78, 5) is 27.1. The fourth-order valence-electron chi connectivity index (χ4n) is 2.95. The Hall–Kier alpha value is -1.68. The highest BCUT2D eigenvalue weighted by Crippen LogP contribution is 2.37. The second-order valence-corrected chi connectivity index (χ2v) is 7.31. The Bertz CT molecular complexity index is 840. The van der Waals surface area contributed by atoms with Gasteiger partial charge in [0, 0.05) is 19.3 Å². The normalized spacial score (nSPS) is 20.1. The molecule has 0 aromatic rings. The molecule has 1 saturated heterocycles. The van der Waals surface area contributed by atoms with Crippen molar-refractivity contribution in [3.8, 4) is 11.4 Å². The predicted molar refractivity (Wildman–Crippen MR) is 86.7 cm³/mol. The third kappa shape index (κ3) is 2.48. The van der Waals surface area contributed by atoms with Gasteiger partial charge < -0.3 is 15.2 Å². The highest BCUT2D eigenvalue weighted by atomic mass is 35.5. The summed E-state index contributed by atoms with van der Waals surface area (Å²) in [6.07, 6.45) is 0.992. The molecule has 1 N–H and O–H groups in total. The van der Waals surface area contributed by atoms with Crippen molar-refractivity contribution in [1.29, 1.82) is 0 Å². The Balaban J connectivity index is 0.00000169. The maximum absolute atomic E-state index is 14.5. The molecule has 0 amide bonds. The Morgan fingerprint density at radius 1 is 1.38 bits per heavy atom. The van der Waals surface area contributed by atoms with Crippen LogP contribution in [0.25, 0.3) is 11.4 Å². The maximum atomic E-state index is 14.5. The van der Waals surface area contributed by atoms with E-state index in [1.165, 1.54) is 0 Å². The molecule has 1 unspecified atom stereocenters. The largest absolute Gasteiger partial charge is 0.545 e. The van der Waals surface area contributed by atoms with E-state index in [0.717, 1.165) is 38.4 Å². The molecule has 128 valence electrons.